The van der Waals surface area contributed by atoms with Gasteiger partial charge in [-0.1, -0.05) is 48.0 Å². The molecule has 7 heteroatoms. The molecule has 2 nitrogen and oxygen atoms in total. The van der Waals surface area contributed by atoms with E-state index in [0.29, 0.717) is 8.64 Å². The fourth-order valence-electron chi connectivity index (χ4n) is 0.285. The van der Waals surface area contributed by atoms with Crippen molar-refractivity contribution in [3.05, 3.63) is 0 Å². The maximum atomic E-state index is 5.23. The average Bonchev–Trinajstić information content (AvgIpc) is 1.79. The average molecular weight is 278 g/mol. The summed E-state index contributed by atoms with van der Waals surface area (Å²) in [6.07, 6.45) is 0. The maximum Gasteiger partial charge on any atom is 0.131 e. The van der Waals surface area contributed by atoms with Crippen molar-refractivity contribution in [2.75, 3.05) is 11.5 Å². The Morgan fingerprint density at radius 2 is 1.27 bits per heavy atom. The molecular weight excluding hydrogens is 270 g/mol. The van der Waals surface area contributed by atoms with E-state index in [1.165, 1.54) is 23.5 Å². The molecule has 0 rings (SSSR count). The molecule has 0 aromatic rings. The van der Waals surface area contributed by atoms with Gasteiger partial charge in [0.2, 0.25) is 0 Å². The molecule has 0 aromatic carbocycles. The van der Waals surface area contributed by atoms with Crippen molar-refractivity contribution in [1.29, 1.82) is 0 Å². The van der Waals surface area contributed by atoms with Gasteiger partial charge in [-0.05, 0) is 0 Å². The van der Waals surface area contributed by atoms with Crippen molar-refractivity contribution in [3.8, 4) is 0 Å². The molecule has 0 spiro atoms. The van der Waals surface area contributed by atoms with Crippen molar-refractivity contribution in [3.63, 3.8) is 0 Å². The summed E-state index contributed by atoms with van der Waals surface area (Å²) in [7, 11) is 0. The first-order valence-corrected chi connectivity index (χ1v) is 5.26. The van der Waals surface area contributed by atoms with E-state index < -0.39 is 0 Å². The van der Waals surface area contributed by atoms with Gasteiger partial charge in [-0.15, -0.1) is 0 Å². The molecule has 0 atom stereocenters. The third kappa shape index (κ3) is 14.0. The van der Waals surface area contributed by atoms with Gasteiger partial charge in [0.05, 0.1) is 0 Å². The first kappa shape index (κ1) is 14.6. The predicted octanol–water partition coefficient (Wildman–Crippen LogP) is 0.938. The molecule has 4 N–H and O–H groups in total. The summed E-state index contributed by atoms with van der Waals surface area (Å²) in [6.45, 7) is 0. The van der Waals surface area contributed by atoms with Crippen LogP contribution in [-0.2, 0) is 19.5 Å². The van der Waals surface area contributed by atoms with E-state index >= 15 is 0 Å². The quantitative estimate of drug-likeness (QED) is 0.455. The summed E-state index contributed by atoms with van der Waals surface area (Å²) in [4.78, 5) is 0. The first-order chi connectivity index (χ1) is 4.63. The summed E-state index contributed by atoms with van der Waals surface area (Å²) < 4.78 is 0.951. The molecule has 11 heavy (non-hydrogen) atoms. The second-order valence-electron chi connectivity index (χ2n) is 1.33. The number of hydrogen-bond acceptors (Lipinski definition) is 4. The summed E-state index contributed by atoms with van der Waals surface area (Å²) in [6, 6.07) is 0. The van der Waals surface area contributed by atoms with Gasteiger partial charge in [-0.2, -0.15) is 0 Å². The van der Waals surface area contributed by atoms with E-state index in [1.807, 2.05) is 0 Å². The van der Waals surface area contributed by atoms with E-state index in [2.05, 4.69) is 24.4 Å². The Morgan fingerprint density at radius 3 is 1.45 bits per heavy atom. The van der Waals surface area contributed by atoms with Gasteiger partial charge in [-0.25, -0.2) is 0 Å². The Labute approximate surface area is 98.4 Å². The molecule has 0 heterocycles. The van der Waals surface area contributed by atoms with Crippen LogP contribution in [0.15, 0.2) is 0 Å². The Hall–Kier alpha value is 1.10. The van der Waals surface area contributed by atoms with Crippen LogP contribution in [-0.4, -0.2) is 20.1 Å². The van der Waals surface area contributed by atoms with Crippen LogP contribution in [0.1, 0.15) is 0 Å². The van der Waals surface area contributed by atoms with Crippen molar-refractivity contribution in [2.24, 2.45) is 11.5 Å². The summed E-state index contributed by atoms with van der Waals surface area (Å²) in [5.41, 5.74) is 10.5. The standard InChI is InChI=1S/C4H8N2S4.Zn/c5-3(7)9-1-2-10-4(6)8;/h1-2H2,(H2,5,7)(H2,6,8);. The molecule has 0 fully saturated rings. The van der Waals surface area contributed by atoms with Crippen LogP contribution in [0.25, 0.3) is 0 Å². The van der Waals surface area contributed by atoms with Gasteiger partial charge in [0.1, 0.15) is 8.64 Å². The molecule has 0 aliphatic carbocycles. The summed E-state index contributed by atoms with van der Waals surface area (Å²) >= 11 is 12.2. The van der Waals surface area contributed by atoms with E-state index in [0.717, 1.165) is 11.5 Å². The smallest absolute Gasteiger partial charge is 0.131 e. The number of nitrogens with two attached hydrogens (primary N) is 2. The first-order valence-electron chi connectivity index (χ1n) is 2.47. The zero-order valence-corrected chi connectivity index (χ0v) is 12.1. The molecule has 0 aromatic heterocycles. The minimum atomic E-state index is 0. The molecule has 0 unspecified atom stereocenters. The molecule has 0 radical (unpaired) electrons. The van der Waals surface area contributed by atoms with E-state index in [1.54, 1.807) is 0 Å². The fraction of sp³-hybridized carbons (Fsp3) is 0.500. The van der Waals surface area contributed by atoms with Gasteiger partial charge in [0.25, 0.3) is 0 Å². The van der Waals surface area contributed by atoms with Gasteiger partial charge < -0.3 is 11.5 Å². The zero-order chi connectivity index (χ0) is 7.98. The molecular formula is C4H8N2S4Zn. The van der Waals surface area contributed by atoms with E-state index in [4.69, 9.17) is 11.5 Å². The van der Waals surface area contributed by atoms with Gasteiger partial charge in [-0.3, -0.25) is 0 Å². The van der Waals surface area contributed by atoms with Crippen molar-refractivity contribution >= 4 is 56.6 Å². The number of thiocarbonyl (C=S) groups is 2. The molecule has 0 amide bonds. The van der Waals surface area contributed by atoms with Crippen LogP contribution >= 0.6 is 48.0 Å². The van der Waals surface area contributed by atoms with Crippen molar-refractivity contribution < 1.29 is 19.5 Å². The second kappa shape index (κ2) is 9.19. The van der Waals surface area contributed by atoms with Gasteiger partial charge in [0.15, 0.2) is 0 Å². The van der Waals surface area contributed by atoms with E-state index in [-0.39, 0.29) is 19.5 Å². The largest absolute Gasteiger partial charge is 0.385 e. The SMILES string of the molecule is NC(=S)SCCSC(N)=S.[Zn]. The van der Waals surface area contributed by atoms with E-state index in [9.17, 15) is 0 Å². The Balaban J connectivity index is 0. The predicted molar refractivity (Wildman–Crippen MR) is 58.5 cm³/mol. The third-order valence-electron chi connectivity index (χ3n) is 0.572. The van der Waals surface area contributed by atoms with Gasteiger partial charge >= 0.3 is 0 Å². The summed E-state index contributed by atoms with van der Waals surface area (Å²) in [5, 5.41) is 0. The van der Waals surface area contributed by atoms with Crippen LogP contribution in [0, 0.1) is 0 Å². The molecule has 0 saturated heterocycles. The van der Waals surface area contributed by atoms with Crippen molar-refractivity contribution in [2.45, 2.75) is 0 Å². The maximum absolute atomic E-state index is 5.23. The topological polar surface area (TPSA) is 52.0 Å². The Kier molecular flexibility index (Phi) is 12.2. The third-order valence-corrected chi connectivity index (χ3v) is 2.92. The zero-order valence-electron chi connectivity index (χ0n) is 5.91. The summed E-state index contributed by atoms with van der Waals surface area (Å²) in [5.74, 6) is 1.74. The number of thioether (sulfide) groups is 2. The molecule has 0 aliphatic heterocycles. The Bertz CT molecular complexity index is 124. The van der Waals surface area contributed by atoms with Gasteiger partial charge in [0, 0.05) is 31.0 Å². The van der Waals surface area contributed by atoms with Crippen LogP contribution in [0.5, 0.6) is 0 Å². The fourth-order valence-corrected chi connectivity index (χ4v) is 1.85. The molecule has 0 aliphatic rings. The molecule has 0 bridgehead atoms. The number of hydrogen-bond donors (Lipinski definition) is 2. The monoisotopic (exact) mass is 276 g/mol. The number of rotatable bonds is 3. The van der Waals surface area contributed by atoms with Crippen LogP contribution < -0.4 is 11.5 Å². The Morgan fingerprint density at radius 1 is 1.00 bits per heavy atom. The molecule has 0 saturated carbocycles. The normalized spacial score (nSPS) is 8.36. The minimum Gasteiger partial charge on any atom is -0.385 e. The van der Waals surface area contributed by atoms with Crippen molar-refractivity contribution in [1.82, 2.24) is 0 Å². The van der Waals surface area contributed by atoms with Crippen LogP contribution in [0.2, 0.25) is 0 Å². The van der Waals surface area contributed by atoms with Crippen LogP contribution in [0.4, 0.5) is 0 Å². The molecule has 60 valence electrons. The second-order valence-corrected chi connectivity index (χ2v) is 5.00. The minimum absolute atomic E-state index is 0. The van der Waals surface area contributed by atoms with Crippen LogP contribution in [0.3, 0.4) is 0 Å².